The fraction of sp³-hybridized carbons (Fsp3) is 0.348. The lowest BCUT2D eigenvalue weighted by Gasteiger charge is -2.45. The number of rotatable bonds is 5. The molecule has 2 aliphatic heterocycles. The van der Waals surface area contributed by atoms with Crippen LogP contribution in [0.2, 0.25) is 0 Å². The molecule has 3 amide bonds. The van der Waals surface area contributed by atoms with E-state index in [1.807, 2.05) is 12.1 Å². The molecule has 0 bridgehead atoms. The number of alkyl halides is 3. The molecule has 0 unspecified atom stereocenters. The molecule has 0 saturated carbocycles. The number of nitrogens with zero attached hydrogens (tertiary/aromatic N) is 2. The SMILES string of the molecule is COc1ccc(C[C@@H]2NC(=O)[C@H]3CN(C(=O)c4ccc(OC(F)(F)F)cc4)CCN3C2=O)cc1. The standard InChI is InChI=1S/C23H22F3N3O5/c1-33-16-6-2-14(3-7-16)12-18-22(32)29-11-10-28(13-19(29)20(30)27-18)21(31)15-4-8-17(9-5-15)34-23(24,25)26/h2-9,18-19H,10-13H2,1H3,(H,27,30)/t18-,19+/m0/s1. The van der Waals surface area contributed by atoms with Crippen LogP contribution in [0.15, 0.2) is 48.5 Å². The second-order valence-corrected chi connectivity index (χ2v) is 7.98. The number of carbonyl (C=O) groups is 3. The molecule has 2 aromatic rings. The highest BCUT2D eigenvalue weighted by atomic mass is 19.4. The molecule has 180 valence electrons. The van der Waals surface area contributed by atoms with Gasteiger partial charge in [0.15, 0.2) is 0 Å². The van der Waals surface area contributed by atoms with Gasteiger partial charge in [0.25, 0.3) is 5.91 Å². The van der Waals surface area contributed by atoms with Crippen molar-refractivity contribution in [2.45, 2.75) is 24.9 Å². The van der Waals surface area contributed by atoms with Crippen LogP contribution in [0.25, 0.3) is 0 Å². The van der Waals surface area contributed by atoms with Crippen LogP contribution in [-0.2, 0) is 16.0 Å². The minimum Gasteiger partial charge on any atom is -0.497 e. The third-order valence-electron chi connectivity index (χ3n) is 5.80. The van der Waals surface area contributed by atoms with Crippen molar-refractivity contribution in [1.29, 1.82) is 0 Å². The van der Waals surface area contributed by atoms with E-state index in [4.69, 9.17) is 4.74 Å². The molecular weight excluding hydrogens is 455 g/mol. The first-order valence-electron chi connectivity index (χ1n) is 10.5. The number of benzene rings is 2. The fourth-order valence-electron chi connectivity index (χ4n) is 4.10. The van der Waals surface area contributed by atoms with Crippen molar-refractivity contribution in [2.75, 3.05) is 26.7 Å². The number of hydrogen-bond donors (Lipinski definition) is 1. The van der Waals surface area contributed by atoms with Gasteiger partial charge in [0, 0.05) is 25.1 Å². The van der Waals surface area contributed by atoms with Crippen molar-refractivity contribution >= 4 is 17.7 Å². The van der Waals surface area contributed by atoms with Gasteiger partial charge in [0.2, 0.25) is 11.8 Å². The highest BCUT2D eigenvalue weighted by Gasteiger charge is 2.44. The van der Waals surface area contributed by atoms with E-state index in [-0.39, 0.29) is 37.0 Å². The van der Waals surface area contributed by atoms with Gasteiger partial charge in [-0.1, -0.05) is 12.1 Å². The Morgan fingerprint density at radius 3 is 2.29 bits per heavy atom. The van der Waals surface area contributed by atoms with Crippen LogP contribution in [0.3, 0.4) is 0 Å². The first-order valence-corrected chi connectivity index (χ1v) is 10.5. The highest BCUT2D eigenvalue weighted by Crippen LogP contribution is 2.24. The molecule has 2 aromatic carbocycles. The van der Waals surface area contributed by atoms with E-state index in [0.29, 0.717) is 12.2 Å². The van der Waals surface area contributed by atoms with E-state index in [1.54, 1.807) is 19.2 Å². The Hall–Kier alpha value is -3.76. The van der Waals surface area contributed by atoms with Gasteiger partial charge in [-0.15, -0.1) is 13.2 Å². The monoisotopic (exact) mass is 477 g/mol. The molecule has 0 radical (unpaired) electrons. The van der Waals surface area contributed by atoms with Crippen LogP contribution in [-0.4, -0.2) is 72.7 Å². The van der Waals surface area contributed by atoms with Crippen molar-refractivity contribution in [1.82, 2.24) is 15.1 Å². The van der Waals surface area contributed by atoms with Crippen LogP contribution in [0.4, 0.5) is 13.2 Å². The van der Waals surface area contributed by atoms with Crippen LogP contribution < -0.4 is 14.8 Å². The van der Waals surface area contributed by atoms with Crippen LogP contribution >= 0.6 is 0 Å². The predicted octanol–water partition coefficient (Wildman–Crippen LogP) is 1.99. The van der Waals surface area contributed by atoms with Gasteiger partial charge in [0.1, 0.15) is 23.6 Å². The lowest BCUT2D eigenvalue weighted by atomic mass is 9.98. The second-order valence-electron chi connectivity index (χ2n) is 7.98. The molecule has 8 nitrogen and oxygen atoms in total. The number of carbonyl (C=O) groups excluding carboxylic acids is 3. The average molecular weight is 477 g/mol. The lowest BCUT2D eigenvalue weighted by Crippen LogP contribution is -2.70. The molecule has 2 saturated heterocycles. The number of halogens is 3. The number of methoxy groups -OCH3 is 1. The number of hydrogen-bond acceptors (Lipinski definition) is 5. The summed E-state index contributed by atoms with van der Waals surface area (Å²) in [5, 5.41) is 2.75. The molecule has 2 heterocycles. The van der Waals surface area contributed by atoms with Crippen molar-refractivity contribution in [2.24, 2.45) is 0 Å². The van der Waals surface area contributed by atoms with E-state index < -0.39 is 30.1 Å². The van der Waals surface area contributed by atoms with Gasteiger partial charge in [-0.2, -0.15) is 0 Å². The maximum Gasteiger partial charge on any atom is 0.573 e. The summed E-state index contributed by atoms with van der Waals surface area (Å²) in [5.41, 5.74) is 1.02. The topological polar surface area (TPSA) is 88.2 Å². The Morgan fingerprint density at radius 2 is 1.68 bits per heavy atom. The molecular formula is C23H22F3N3O5. The number of fused-ring (bicyclic) bond motifs is 1. The van der Waals surface area contributed by atoms with Crippen molar-refractivity contribution in [3.63, 3.8) is 0 Å². The van der Waals surface area contributed by atoms with Gasteiger partial charge in [-0.05, 0) is 42.0 Å². The van der Waals surface area contributed by atoms with E-state index in [2.05, 4.69) is 10.1 Å². The minimum absolute atomic E-state index is 0.00748. The number of piperazine rings is 2. The zero-order chi connectivity index (χ0) is 24.5. The quantitative estimate of drug-likeness (QED) is 0.712. The number of ether oxygens (including phenoxy) is 2. The summed E-state index contributed by atoms with van der Waals surface area (Å²) < 4.78 is 45.9. The number of nitrogens with one attached hydrogen (secondary N) is 1. The molecule has 0 spiro atoms. The Balaban J connectivity index is 1.39. The first kappa shape index (κ1) is 23.4. The highest BCUT2D eigenvalue weighted by molar-refractivity contribution is 5.99. The Labute approximate surface area is 193 Å². The molecule has 2 fully saturated rings. The first-order chi connectivity index (χ1) is 16.1. The van der Waals surface area contributed by atoms with Gasteiger partial charge in [-0.3, -0.25) is 14.4 Å². The zero-order valence-corrected chi connectivity index (χ0v) is 18.2. The van der Waals surface area contributed by atoms with Crippen LogP contribution in [0.5, 0.6) is 11.5 Å². The van der Waals surface area contributed by atoms with E-state index >= 15 is 0 Å². The predicted molar refractivity (Wildman–Crippen MR) is 113 cm³/mol. The smallest absolute Gasteiger partial charge is 0.497 e. The molecule has 2 aliphatic rings. The summed E-state index contributed by atoms with van der Waals surface area (Å²) in [6, 6.07) is 10.2. The van der Waals surface area contributed by atoms with Crippen LogP contribution in [0, 0.1) is 0 Å². The normalized spacial score (nSPS) is 20.5. The molecule has 0 aromatic heterocycles. The summed E-state index contributed by atoms with van der Waals surface area (Å²) in [7, 11) is 1.56. The second kappa shape index (κ2) is 9.24. The summed E-state index contributed by atoms with van der Waals surface area (Å²) in [5.74, 6) is -0.773. The fourth-order valence-corrected chi connectivity index (χ4v) is 4.10. The van der Waals surface area contributed by atoms with Crippen molar-refractivity contribution in [3.05, 3.63) is 59.7 Å². The molecule has 0 aliphatic carbocycles. The Kier molecular flexibility index (Phi) is 6.36. The Bertz CT molecular complexity index is 1070. The molecule has 4 rings (SSSR count). The maximum atomic E-state index is 13.0. The number of amides is 3. The van der Waals surface area contributed by atoms with Gasteiger partial charge in [-0.25, -0.2) is 0 Å². The summed E-state index contributed by atoms with van der Waals surface area (Å²) in [6.07, 6.45) is -4.50. The van der Waals surface area contributed by atoms with Gasteiger partial charge in [0.05, 0.1) is 13.7 Å². The van der Waals surface area contributed by atoms with Gasteiger partial charge >= 0.3 is 6.36 Å². The summed E-state index contributed by atoms with van der Waals surface area (Å²) in [6.45, 7) is 0.369. The van der Waals surface area contributed by atoms with Crippen LogP contribution in [0.1, 0.15) is 15.9 Å². The third kappa shape index (κ3) is 5.08. The van der Waals surface area contributed by atoms with Crippen molar-refractivity contribution in [3.8, 4) is 11.5 Å². The molecule has 2 atom stereocenters. The van der Waals surface area contributed by atoms with Gasteiger partial charge < -0.3 is 24.6 Å². The largest absolute Gasteiger partial charge is 0.573 e. The Morgan fingerprint density at radius 1 is 1.03 bits per heavy atom. The van der Waals surface area contributed by atoms with E-state index in [9.17, 15) is 27.6 Å². The average Bonchev–Trinajstić information content (AvgIpc) is 2.81. The third-order valence-corrected chi connectivity index (χ3v) is 5.80. The minimum atomic E-state index is -4.83. The molecule has 11 heteroatoms. The zero-order valence-electron chi connectivity index (χ0n) is 18.2. The maximum absolute atomic E-state index is 13.0. The van der Waals surface area contributed by atoms with E-state index in [1.165, 1.54) is 21.9 Å². The molecule has 1 N–H and O–H groups in total. The molecule has 34 heavy (non-hydrogen) atoms. The lowest BCUT2D eigenvalue weighted by molar-refractivity contribution is -0.274. The van der Waals surface area contributed by atoms with Crippen molar-refractivity contribution < 1.29 is 37.0 Å². The summed E-state index contributed by atoms with van der Waals surface area (Å²) >= 11 is 0. The summed E-state index contributed by atoms with van der Waals surface area (Å²) in [4.78, 5) is 41.5. The van der Waals surface area contributed by atoms with E-state index in [0.717, 1.165) is 17.7 Å².